The van der Waals surface area contributed by atoms with Crippen molar-refractivity contribution in [2.75, 3.05) is 13.1 Å². The van der Waals surface area contributed by atoms with E-state index in [1.807, 2.05) is 0 Å². The maximum absolute atomic E-state index is 6.02. The number of nitrogens with two attached hydrogens (primary N) is 1. The van der Waals surface area contributed by atoms with Gasteiger partial charge in [0, 0.05) is 23.5 Å². The van der Waals surface area contributed by atoms with Crippen molar-refractivity contribution in [2.45, 2.75) is 58.0 Å². The van der Waals surface area contributed by atoms with E-state index >= 15 is 0 Å². The molecule has 1 heterocycles. The zero-order chi connectivity index (χ0) is 10.4. The minimum Gasteiger partial charge on any atom is -0.327 e. The molecule has 2 nitrogen and oxygen atoms in total. The summed E-state index contributed by atoms with van der Waals surface area (Å²) in [5.41, 5.74) is 6.94. The van der Waals surface area contributed by atoms with Crippen molar-refractivity contribution in [1.82, 2.24) is 4.90 Å². The van der Waals surface area contributed by atoms with E-state index in [0.717, 1.165) is 0 Å². The summed E-state index contributed by atoms with van der Waals surface area (Å²) in [6, 6.07) is 0.505. The van der Waals surface area contributed by atoms with Crippen molar-refractivity contribution < 1.29 is 0 Å². The fourth-order valence-electron chi connectivity index (χ4n) is 3.03. The number of nitrogens with zero attached hydrogens (tertiary/aromatic N) is 1. The summed E-state index contributed by atoms with van der Waals surface area (Å²) in [7, 11) is 0. The molecule has 14 heavy (non-hydrogen) atoms. The highest BCUT2D eigenvalue weighted by atomic mass is 15.2. The molecule has 0 aromatic rings. The van der Waals surface area contributed by atoms with E-state index < -0.39 is 0 Å². The molecule has 0 bridgehead atoms. The fraction of sp³-hybridized carbons (Fsp3) is 1.00. The molecule has 2 fully saturated rings. The fourth-order valence-corrected chi connectivity index (χ4v) is 3.03. The molecule has 1 saturated carbocycles. The Morgan fingerprint density at radius 3 is 2.57 bits per heavy atom. The van der Waals surface area contributed by atoms with Gasteiger partial charge in [0.25, 0.3) is 0 Å². The van der Waals surface area contributed by atoms with Crippen LogP contribution in [-0.2, 0) is 0 Å². The zero-order valence-electron chi connectivity index (χ0n) is 9.84. The summed E-state index contributed by atoms with van der Waals surface area (Å²) in [5, 5.41) is 0. The average Bonchev–Trinajstić information content (AvgIpc) is 2.56. The third-order valence-electron chi connectivity index (χ3n) is 4.36. The molecule has 1 unspecified atom stereocenters. The Kier molecular flexibility index (Phi) is 2.39. The largest absolute Gasteiger partial charge is 0.327 e. The van der Waals surface area contributed by atoms with Crippen LogP contribution >= 0.6 is 0 Å². The lowest BCUT2D eigenvalue weighted by Gasteiger charge is -2.35. The second-order valence-electron chi connectivity index (χ2n) is 5.91. The van der Waals surface area contributed by atoms with Crippen LogP contribution in [-0.4, -0.2) is 29.6 Å². The van der Waals surface area contributed by atoms with Gasteiger partial charge in [-0.2, -0.15) is 0 Å². The predicted molar refractivity (Wildman–Crippen MR) is 60.2 cm³/mol. The van der Waals surface area contributed by atoms with Crippen LogP contribution in [0.25, 0.3) is 0 Å². The summed E-state index contributed by atoms with van der Waals surface area (Å²) < 4.78 is 0. The van der Waals surface area contributed by atoms with Crippen molar-refractivity contribution in [3.63, 3.8) is 0 Å². The third-order valence-corrected chi connectivity index (χ3v) is 4.36. The van der Waals surface area contributed by atoms with Crippen LogP contribution < -0.4 is 5.73 Å². The average molecular weight is 196 g/mol. The van der Waals surface area contributed by atoms with Gasteiger partial charge in [0.05, 0.1) is 0 Å². The van der Waals surface area contributed by atoms with E-state index in [1.165, 1.54) is 38.8 Å². The van der Waals surface area contributed by atoms with E-state index in [0.29, 0.717) is 17.0 Å². The standard InChI is InChI=1S/C12H24N2/c1-4-5-11(2,3)14-7-6-12(9-14)8-10(12)13/h10H,4-9,13H2,1-3H3/t10?,12-/m0/s1. The van der Waals surface area contributed by atoms with Gasteiger partial charge in [-0.05, 0) is 39.7 Å². The van der Waals surface area contributed by atoms with Crippen LogP contribution in [0, 0.1) is 5.41 Å². The van der Waals surface area contributed by atoms with Crippen LogP contribution in [0.2, 0.25) is 0 Å². The molecule has 1 aliphatic carbocycles. The van der Waals surface area contributed by atoms with Gasteiger partial charge in [0.2, 0.25) is 0 Å². The molecule has 1 spiro atoms. The van der Waals surface area contributed by atoms with E-state index in [4.69, 9.17) is 5.73 Å². The smallest absolute Gasteiger partial charge is 0.0153 e. The first kappa shape index (κ1) is 10.4. The molecule has 2 N–H and O–H groups in total. The molecular formula is C12H24N2. The summed E-state index contributed by atoms with van der Waals surface area (Å²) in [6.45, 7) is 9.55. The second kappa shape index (κ2) is 3.21. The first-order valence-electron chi connectivity index (χ1n) is 6.01. The van der Waals surface area contributed by atoms with E-state index in [9.17, 15) is 0 Å². The van der Waals surface area contributed by atoms with Crippen molar-refractivity contribution in [3.8, 4) is 0 Å². The van der Waals surface area contributed by atoms with Gasteiger partial charge in [0.15, 0.2) is 0 Å². The molecule has 2 atom stereocenters. The van der Waals surface area contributed by atoms with Crippen molar-refractivity contribution in [2.24, 2.45) is 11.1 Å². The lowest BCUT2D eigenvalue weighted by atomic mass is 9.96. The number of likely N-dealkylation sites (tertiary alicyclic amines) is 1. The zero-order valence-corrected chi connectivity index (χ0v) is 9.84. The van der Waals surface area contributed by atoms with Crippen LogP contribution in [0.15, 0.2) is 0 Å². The van der Waals surface area contributed by atoms with E-state index in [2.05, 4.69) is 25.7 Å². The first-order chi connectivity index (χ1) is 6.50. The van der Waals surface area contributed by atoms with Crippen molar-refractivity contribution >= 4 is 0 Å². The van der Waals surface area contributed by atoms with Crippen molar-refractivity contribution in [1.29, 1.82) is 0 Å². The molecule has 2 rings (SSSR count). The lowest BCUT2D eigenvalue weighted by molar-refractivity contribution is 0.135. The minimum atomic E-state index is 0.389. The second-order valence-corrected chi connectivity index (χ2v) is 5.91. The van der Waals surface area contributed by atoms with Crippen LogP contribution in [0.3, 0.4) is 0 Å². The predicted octanol–water partition coefficient (Wildman–Crippen LogP) is 1.99. The van der Waals surface area contributed by atoms with Gasteiger partial charge in [0.1, 0.15) is 0 Å². The Balaban J connectivity index is 1.95. The lowest BCUT2D eigenvalue weighted by Crippen LogP contribution is -2.42. The molecule has 1 saturated heterocycles. The Labute approximate surface area is 87.8 Å². The quantitative estimate of drug-likeness (QED) is 0.748. The molecule has 2 heteroatoms. The van der Waals surface area contributed by atoms with Gasteiger partial charge < -0.3 is 5.73 Å². The topological polar surface area (TPSA) is 29.3 Å². The van der Waals surface area contributed by atoms with Crippen LogP contribution in [0.4, 0.5) is 0 Å². The molecule has 82 valence electrons. The van der Waals surface area contributed by atoms with Crippen LogP contribution in [0.1, 0.15) is 46.5 Å². The Bertz CT molecular complexity index is 224. The van der Waals surface area contributed by atoms with Gasteiger partial charge >= 0.3 is 0 Å². The van der Waals surface area contributed by atoms with E-state index in [-0.39, 0.29) is 0 Å². The molecule has 1 aliphatic heterocycles. The number of hydrogen-bond donors (Lipinski definition) is 1. The molecule has 0 aromatic heterocycles. The normalized spacial score (nSPS) is 38.1. The Morgan fingerprint density at radius 2 is 2.14 bits per heavy atom. The highest BCUT2D eigenvalue weighted by Gasteiger charge is 2.56. The first-order valence-corrected chi connectivity index (χ1v) is 6.01. The Hall–Kier alpha value is -0.0800. The molecule has 0 aromatic carbocycles. The van der Waals surface area contributed by atoms with E-state index in [1.54, 1.807) is 0 Å². The molecule has 0 amide bonds. The monoisotopic (exact) mass is 196 g/mol. The maximum Gasteiger partial charge on any atom is 0.0153 e. The van der Waals surface area contributed by atoms with Gasteiger partial charge in [-0.1, -0.05) is 13.3 Å². The molecule has 0 radical (unpaired) electrons. The third kappa shape index (κ3) is 1.59. The van der Waals surface area contributed by atoms with Gasteiger partial charge in [-0.3, -0.25) is 4.90 Å². The Morgan fingerprint density at radius 1 is 1.50 bits per heavy atom. The molecular weight excluding hydrogens is 172 g/mol. The summed E-state index contributed by atoms with van der Waals surface area (Å²) in [5.74, 6) is 0. The molecule has 2 aliphatic rings. The van der Waals surface area contributed by atoms with Gasteiger partial charge in [-0.25, -0.2) is 0 Å². The SMILES string of the molecule is CCCC(C)(C)N1CC[C@]2(CC2N)C1. The maximum atomic E-state index is 6.02. The number of rotatable bonds is 3. The highest BCUT2D eigenvalue weighted by molar-refractivity contribution is 5.12. The minimum absolute atomic E-state index is 0.389. The van der Waals surface area contributed by atoms with Crippen molar-refractivity contribution in [3.05, 3.63) is 0 Å². The summed E-state index contributed by atoms with van der Waals surface area (Å²) in [6.07, 6.45) is 5.19. The van der Waals surface area contributed by atoms with Crippen LogP contribution in [0.5, 0.6) is 0 Å². The highest BCUT2D eigenvalue weighted by Crippen LogP contribution is 2.53. The summed E-state index contributed by atoms with van der Waals surface area (Å²) in [4.78, 5) is 2.66. The summed E-state index contributed by atoms with van der Waals surface area (Å²) >= 11 is 0. The number of hydrogen-bond acceptors (Lipinski definition) is 2. The van der Waals surface area contributed by atoms with Gasteiger partial charge in [-0.15, -0.1) is 0 Å².